The number of hydrogen-bond donors (Lipinski definition) is 1. The van der Waals surface area contributed by atoms with E-state index in [1.165, 1.54) is 17.0 Å². The van der Waals surface area contributed by atoms with E-state index >= 15 is 0 Å². The van der Waals surface area contributed by atoms with Crippen LogP contribution in [0.15, 0.2) is 112 Å². The molecule has 0 aliphatic heterocycles. The second kappa shape index (κ2) is 15.1. The smallest absolute Gasteiger partial charge is 0.264 e. The molecule has 1 atom stereocenters. The van der Waals surface area contributed by atoms with Crippen LogP contribution in [0.5, 0.6) is 0 Å². The molecule has 0 fully saturated rings. The Hall–Kier alpha value is -3.37. The maximum absolute atomic E-state index is 14.5. The number of amides is 2. The normalized spacial score (nSPS) is 12.0. The Kier molecular flexibility index (Phi) is 11.5. The zero-order valence-electron chi connectivity index (χ0n) is 24.2. The van der Waals surface area contributed by atoms with Crippen LogP contribution < -0.4 is 9.62 Å². The van der Waals surface area contributed by atoms with Crippen LogP contribution in [-0.2, 0) is 32.6 Å². The van der Waals surface area contributed by atoms with Gasteiger partial charge in [0.1, 0.15) is 12.6 Å². The largest absolute Gasteiger partial charge is 0.352 e. The van der Waals surface area contributed by atoms with Gasteiger partial charge in [-0.15, -0.1) is 0 Å². The van der Waals surface area contributed by atoms with Gasteiger partial charge < -0.3 is 10.2 Å². The third-order valence-electron chi connectivity index (χ3n) is 6.80. The molecule has 1 N–H and O–H groups in total. The maximum atomic E-state index is 14.5. The van der Waals surface area contributed by atoms with Gasteiger partial charge in [-0.1, -0.05) is 99.8 Å². The maximum Gasteiger partial charge on any atom is 0.264 e. The van der Waals surface area contributed by atoms with Gasteiger partial charge in [0.2, 0.25) is 11.8 Å². The molecule has 2 amide bonds. The van der Waals surface area contributed by atoms with Crippen molar-refractivity contribution < 1.29 is 18.0 Å². The van der Waals surface area contributed by atoms with Crippen LogP contribution in [0.1, 0.15) is 25.0 Å². The molecule has 0 radical (unpaired) electrons. The van der Waals surface area contributed by atoms with Gasteiger partial charge in [-0.25, -0.2) is 8.42 Å². The van der Waals surface area contributed by atoms with Crippen molar-refractivity contribution >= 4 is 66.7 Å². The summed E-state index contributed by atoms with van der Waals surface area (Å²) in [6, 6.07) is 27.7. The van der Waals surface area contributed by atoms with Crippen molar-refractivity contribution in [1.29, 1.82) is 0 Å². The summed E-state index contributed by atoms with van der Waals surface area (Å²) in [5.74, 6) is -0.999. The predicted molar refractivity (Wildman–Crippen MR) is 179 cm³/mol. The van der Waals surface area contributed by atoms with Crippen LogP contribution in [0.25, 0.3) is 0 Å². The molecular weight excluding hydrogens is 685 g/mol. The topological polar surface area (TPSA) is 86.8 Å². The van der Waals surface area contributed by atoms with E-state index in [4.69, 9.17) is 23.2 Å². The zero-order valence-corrected chi connectivity index (χ0v) is 28.1. The van der Waals surface area contributed by atoms with E-state index in [1.807, 2.05) is 44.2 Å². The lowest BCUT2D eigenvalue weighted by Gasteiger charge is -2.34. The van der Waals surface area contributed by atoms with Crippen molar-refractivity contribution in [1.82, 2.24) is 10.2 Å². The average molecular weight is 718 g/mol. The first-order valence-electron chi connectivity index (χ1n) is 13.9. The number of carbonyl (C=O) groups is 2. The third-order valence-corrected chi connectivity index (χ3v) is 9.79. The number of nitrogens with one attached hydrogen (secondary N) is 1. The molecule has 44 heavy (non-hydrogen) atoms. The molecule has 0 spiro atoms. The first-order valence-corrected chi connectivity index (χ1v) is 16.9. The number of hydrogen-bond acceptors (Lipinski definition) is 4. The highest BCUT2D eigenvalue weighted by Gasteiger charge is 2.35. The zero-order chi connectivity index (χ0) is 31.9. The number of benzene rings is 4. The lowest BCUT2D eigenvalue weighted by Crippen LogP contribution is -2.54. The summed E-state index contributed by atoms with van der Waals surface area (Å²) < 4.78 is 29.7. The molecule has 7 nitrogen and oxygen atoms in total. The number of rotatable bonds is 12. The number of carbonyl (C=O) groups excluding carboxylic acids is 2. The van der Waals surface area contributed by atoms with Crippen LogP contribution in [0.3, 0.4) is 0 Å². The fourth-order valence-corrected chi connectivity index (χ4v) is 7.00. The van der Waals surface area contributed by atoms with Gasteiger partial charge in [0.15, 0.2) is 0 Å². The lowest BCUT2D eigenvalue weighted by molar-refractivity contribution is -0.140. The Balaban J connectivity index is 1.84. The minimum absolute atomic E-state index is 0.0202. The lowest BCUT2D eigenvalue weighted by atomic mass is 10.0. The van der Waals surface area contributed by atoms with E-state index in [-0.39, 0.29) is 35.5 Å². The van der Waals surface area contributed by atoms with Gasteiger partial charge in [0, 0.05) is 39.1 Å². The molecule has 0 aromatic heterocycles. The second-order valence-electron chi connectivity index (χ2n) is 10.4. The summed E-state index contributed by atoms with van der Waals surface area (Å²) in [5, 5.41) is 3.56. The molecule has 0 saturated heterocycles. The monoisotopic (exact) mass is 715 g/mol. The molecule has 0 aliphatic rings. The van der Waals surface area contributed by atoms with E-state index in [2.05, 4.69) is 21.2 Å². The van der Waals surface area contributed by atoms with Crippen LogP contribution >= 0.6 is 39.1 Å². The van der Waals surface area contributed by atoms with Crippen molar-refractivity contribution in [3.63, 3.8) is 0 Å². The molecule has 230 valence electrons. The molecular formula is C33H32BrCl2N3O4S. The van der Waals surface area contributed by atoms with Crippen LogP contribution in [0.2, 0.25) is 10.0 Å². The van der Waals surface area contributed by atoms with Gasteiger partial charge in [-0.2, -0.15) is 0 Å². The Bertz CT molecular complexity index is 1690. The van der Waals surface area contributed by atoms with Gasteiger partial charge in [-0.05, 0) is 61.9 Å². The Labute approximate surface area is 277 Å². The van der Waals surface area contributed by atoms with Gasteiger partial charge in [0.25, 0.3) is 10.0 Å². The summed E-state index contributed by atoms with van der Waals surface area (Å²) in [4.78, 5) is 29.6. The summed E-state index contributed by atoms with van der Waals surface area (Å²) in [5.41, 5.74) is 1.54. The van der Waals surface area contributed by atoms with Crippen LogP contribution in [0.4, 0.5) is 5.69 Å². The van der Waals surface area contributed by atoms with Crippen LogP contribution in [-0.4, -0.2) is 43.8 Å². The third kappa shape index (κ3) is 8.41. The molecule has 0 saturated carbocycles. The van der Waals surface area contributed by atoms with E-state index < -0.39 is 28.5 Å². The van der Waals surface area contributed by atoms with Crippen molar-refractivity contribution in [2.24, 2.45) is 0 Å². The highest BCUT2D eigenvalue weighted by Crippen LogP contribution is 2.30. The average Bonchev–Trinajstić information content (AvgIpc) is 2.99. The van der Waals surface area contributed by atoms with Gasteiger partial charge in [0.05, 0.1) is 10.6 Å². The SMILES string of the molecule is CC(C)NC(=O)[C@@H](Cc1ccccc1)N(Cc1c(Cl)cccc1Cl)C(=O)CN(c1cccc(Br)c1)S(=O)(=O)c1ccccc1. The molecule has 0 bridgehead atoms. The molecule has 4 aromatic carbocycles. The fraction of sp³-hybridized carbons (Fsp3) is 0.212. The molecule has 0 aliphatic carbocycles. The Morgan fingerprint density at radius 2 is 1.43 bits per heavy atom. The number of nitrogens with zero attached hydrogens (tertiary/aromatic N) is 2. The quantitative estimate of drug-likeness (QED) is 0.169. The van der Waals surface area contributed by atoms with Crippen LogP contribution in [0, 0.1) is 0 Å². The Morgan fingerprint density at radius 3 is 2.02 bits per heavy atom. The highest BCUT2D eigenvalue weighted by molar-refractivity contribution is 9.10. The summed E-state index contributed by atoms with van der Waals surface area (Å²) in [7, 11) is -4.20. The standard InChI is InChI=1S/C33H32BrCl2N3O4S/c1-23(2)37-33(41)31(19-24-11-5-3-6-12-24)38(21-28-29(35)17-10-18-30(28)36)32(40)22-39(26-14-9-13-25(34)20-26)44(42,43)27-15-7-4-8-16-27/h3-18,20,23,31H,19,21-22H2,1-2H3,(H,37,41)/t31-/m1/s1. The molecule has 0 heterocycles. The van der Waals surface area contributed by atoms with Crippen molar-refractivity contribution in [3.8, 4) is 0 Å². The van der Waals surface area contributed by atoms with Crippen molar-refractivity contribution in [2.45, 2.75) is 43.8 Å². The Morgan fingerprint density at radius 1 is 0.841 bits per heavy atom. The molecule has 4 rings (SSSR count). The number of sulfonamides is 1. The van der Waals surface area contributed by atoms with E-state index in [0.717, 1.165) is 9.87 Å². The predicted octanol–water partition coefficient (Wildman–Crippen LogP) is 7.12. The van der Waals surface area contributed by atoms with E-state index in [1.54, 1.807) is 60.7 Å². The van der Waals surface area contributed by atoms with Gasteiger partial charge >= 0.3 is 0 Å². The summed E-state index contributed by atoms with van der Waals surface area (Å²) in [6.07, 6.45) is 0.176. The molecule has 4 aromatic rings. The number of halogens is 3. The highest BCUT2D eigenvalue weighted by atomic mass is 79.9. The van der Waals surface area contributed by atoms with E-state index in [9.17, 15) is 18.0 Å². The molecule has 11 heteroatoms. The minimum Gasteiger partial charge on any atom is -0.352 e. The van der Waals surface area contributed by atoms with Gasteiger partial charge in [-0.3, -0.25) is 13.9 Å². The van der Waals surface area contributed by atoms with Crippen molar-refractivity contribution in [2.75, 3.05) is 10.8 Å². The van der Waals surface area contributed by atoms with Crippen molar-refractivity contribution in [3.05, 3.63) is 129 Å². The first-order chi connectivity index (χ1) is 21.0. The summed E-state index contributed by atoms with van der Waals surface area (Å²) >= 11 is 16.5. The minimum atomic E-state index is -4.20. The summed E-state index contributed by atoms with van der Waals surface area (Å²) in [6.45, 7) is 2.94. The fourth-order valence-electron chi connectivity index (χ4n) is 4.67. The first kappa shape index (κ1) is 33.5. The van der Waals surface area contributed by atoms with E-state index in [0.29, 0.717) is 20.1 Å². The second-order valence-corrected chi connectivity index (χ2v) is 14.0. The number of anilines is 1. The molecule has 0 unspecified atom stereocenters.